The van der Waals surface area contributed by atoms with Crippen LogP contribution in [0.2, 0.25) is 0 Å². The van der Waals surface area contributed by atoms with E-state index in [-0.39, 0.29) is 30.0 Å². The molecule has 3 heterocycles. The summed E-state index contributed by atoms with van der Waals surface area (Å²) in [6.07, 6.45) is 1.84. The molecule has 1 N–H and O–H groups in total. The minimum absolute atomic E-state index is 0.0501. The van der Waals surface area contributed by atoms with Crippen molar-refractivity contribution in [3.63, 3.8) is 0 Å². The normalized spacial score (nSPS) is 16.1. The summed E-state index contributed by atoms with van der Waals surface area (Å²) in [5.41, 5.74) is 2.40. The number of hydrogen-bond acceptors (Lipinski definition) is 5. The molecule has 1 atom stereocenters. The Labute approximate surface area is 160 Å². The number of thioether (sulfide) groups is 1. The molecule has 0 aliphatic carbocycles. The van der Waals surface area contributed by atoms with Crippen LogP contribution in [0.25, 0.3) is 16.7 Å². The highest BCUT2D eigenvalue weighted by atomic mass is 32.2. The van der Waals surface area contributed by atoms with E-state index in [0.29, 0.717) is 21.9 Å². The predicted molar refractivity (Wildman–Crippen MR) is 106 cm³/mol. The van der Waals surface area contributed by atoms with E-state index in [1.165, 1.54) is 11.8 Å². The van der Waals surface area contributed by atoms with E-state index in [2.05, 4.69) is 10.4 Å². The SMILES string of the molecule is Cc1cccc(-n2ncc3c(=O)n4c(nc32)SCC4CC(=O)NC(C)C)c1. The Hall–Kier alpha value is -2.61. The maximum absolute atomic E-state index is 13.1. The van der Waals surface area contributed by atoms with E-state index in [4.69, 9.17) is 4.98 Å². The molecule has 3 aromatic rings. The number of carbonyl (C=O) groups excluding carboxylic acids is 1. The van der Waals surface area contributed by atoms with Gasteiger partial charge in [-0.25, -0.2) is 9.67 Å². The van der Waals surface area contributed by atoms with Gasteiger partial charge in [0.25, 0.3) is 5.56 Å². The van der Waals surface area contributed by atoms with Gasteiger partial charge in [0.05, 0.1) is 17.9 Å². The topological polar surface area (TPSA) is 81.8 Å². The van der Waals surface area contributed by atoms with E-state index in [0.717, 1.165) is 11.3 Å². The number of fused-ring (bicyclic) bond motifs is 2. The van der Waals surface area contributed by atoms with Gasteiger partial charge in [0.15, 0.2) is 10.8 Å². The predicted octanol–water partition coefficient (Wildman–Crippen LogP) is 2.45. The molecule has 0 bridgehead atoms. The van der Waals surface area contributed by atoms with Crippen molar-refractivity contribution in [3.05, 3.63) is 46.4 Å². The Morgan fingerprint density at radius 3 is 2.96 bits per heavy atom. The van der Waals surface area contributed by atoms with Crippen LogP contribution >= 0.6 is 11.8 Å². The van der Waals surface area contributed by atoms with Crippen molar-refractivity contribution in [1.82, 2.24) is 24.6 Å². The van der Waals surface area contributed by atoms with Crippen molar-refractivity contribution in [1.29, 1.82) is 0 Å². The summed E-state index contributed by atoms with van der Waals surface area (Å²) >= 11 is 1.51. The van der Waals surface area contributed by atoms with Crippen molar-refractivity contribution in [3.8, 4) is 5.69 Å². The zero-order valence-electron chi connectivity index (χ0n) is 15.5. The summed E-state index contributed by atoms with van der Waals surface area (Å²) in [7, 11) is 0. The maximum atomic E-state index is 13.1. The Morgan fingerprint density at radius 1 is 1.41 bits per heavy atom. The number of nitrogens with one attached hydrogen (secondary N) is 1. The molecule has 140 valence electrons. The molecule has 1 amide bonds. The standard InChI is InChI=1S/C19H21N5O2S/c1-11(2)21-16(25)8-14-10-27-19-22-17-15(18(26)23(14)19)9-20-24(17)13-6-4-5-12(3)7-13/h4-7,9,11,14H,8,10H2,1-3H3,(H,21,25). The van der Waals surface area contributed by atoms with E-state index in [1.807, 2.05) is 45.0 Å². The Kier molecular flexibility index (Phi) is 4.51. The summed E-state index contributed by atoms with van der Waals surface area (Å²) < 4.78 is 3.35. The number of rotatable bonds is 4. The van der Waals surface area contributed by atoms with Crippen LogP contribution in [-0.4, -0.2) is 37.0 Å². The lowest BCUT2D eigenvalue weighted by Gasteiger charge is -2.14. The Morgan fingerprint density at radius 2 is 2.22 bits per heavy atom. The second-order valence-electron chi connectivity index (χ2n) is 7.09. The highest BCUT2D eigenvalue weighted by Gasteiger charge is 2.29. The highest BCUT2D eigenvalue weighted by molar-refractivity contribution is 7.99. The third kappa shape index (κ3) is 3.25. The molecule has 0 spiro atoms. The van der Waals surface area contributed by atoms with Crippen LogP contribution in [-0.2, 0) is 4.79 Å². The smallest absolute Gasteiger partial charge is 0.265 e. The van der Waals surface area contributed by atoms with Crippen molar-refractivity contribution in [2.75, 3.05) is 5.75 Å². The first-order chi connectivity index (χ1) is 12.9. The minimum Gasteiger partial charge on any atom is -0.354 e. The quantitative estimate of drug-likeness (QED) is 0.700. The van der Waals surface area contributed by atoms with Gasteiger partial charge in [-0.2, -0.15) is 5.10 Å². The van der Waals surface area contributed by atoms with E-state index < -0.39 is 0 Å². The van der Waals surface area contributed by atoms with Gasteiger partial charge in [-0.3, -0.25) is 14.2 Å². The number of carbonyl (C=O) groups is 1. The Balaban J connectivity index is 1.75. The lowest BCUT2D eigenvalue weighted by atomic mass is 10.2. The number of aromatic nitrogens is 4. The number of aryl methyl sites for hydroxylation is 1. The molecule has 0 fully saturated rings. The molecule has 2 aromatic heterocycles. The molecular formula is C19H21N5O2S. The molecule has 0 saturated carbocycles. The molecule has 1 unspecified atom stereocenters. The summed E-state index contributed by atoms with van der Waals surface area (Å²) in [6.45, 7) is 5.86. The zero-order chi connectivity index (χ0) is 19.1. The van der Waals surface area contributed by atoms with Gasteiger partial charge in [0, 0.05) is 18.2 Å². The summed E-state index contributed by atoms with van der Waals surface area (Å²) in [6, 6.07) is 7.81. The minimum atomic E-state index is -0.185. The van der Waals surface area contributed by atoms with Crippen LogP contribution < -0.4 is 10.9 Å². The van der Waals surface area contributed by atoms with Crippen LogP contribution in [0.4, 0.5) is 0 Å². The van der Waals surface area contributed by atoms with Crippen molar-refractivity contribution in [2.45, 2.75) is 44.4 Å². The highest BCUT2D eigenvalue weighted by Crippen LogP contribution is 2.33. The van der Waals surface area contributed by atoms with Gasteiger partial charge in [0.1, 0.15) is 5.39 Å². The van der Waals surface area contributed by atoms with Gasteiger partial charge >= 0.3 is 0 Å². The van der Waals surface area contributed by atoms with Gasteiger partial charge < -0.3 is 5.32 Å². The first-order valence-corrected chi connectivity index (χ1v) is 9.92. The molecule has 7 nitrogen and oxygen atoms in total. The van der Waals surface area contributed by atoms with Gasteiger partial charge in [-0.1, -0.05) is 23.9 Å². The van der Waals surface area contributed by atoms with Crippen LogP contribution in [0.5, 0.6) is 0 Å². The van der Waals surface area contributed by atoms with Crippen molar-refractivity contribution in [2.24, 2.45) is 0 Å². The third-order valence-electron chi connectivity index (χ3n) is 4.49. The number of nitrogens with zero attached hydrogens (tertiary/aromatic N) is 4. The van der Waals surface area contributed by atoms with Gasteiger partial charge in [0.2, 0.25) is 5.91 Å². The number of hydrogen-bond donors (Lipinski definition) is 1. The number of amides is 1. The van der Waals surface area contributed by atoms with Crippen LogP contribution in [0.15, 0.2) is 40.4 Å². The average Bonchev–Trinajstić information content (AvgIpc) is 3.19. The van der Waals surface area contributed by atoms with E-state index in [9.17, 15) is 9.59 Å². The summed E-state index contributed by atoms with van der Waals surface area (Å²) in [4.78, 5) is 29.9. The fourth-order valence-corrected chi connectivity index (χ4v) is 4.45. The molecule has 4 rings (SSSR count). The molecule has 0 radical (unpaired) electrons. The van der Waals surface area contributed by atoms with Crippen LogP contribution in [0.1, 0.15) is 31.9 Å². The fourth-order valence-electron chi connectivity index (χ4n) is 3.32. The van der Waals surface area contributed by atoms with E-state index in [1.54, 1.807) is 15.4 Å². The van der Waals surface area contributed by atoms with Gasteiger partial charge in [-0.05, 0) is 38.5 Å². The average molecular weight is 383 g/mol. The van der Waals surface area contributed by atoms with Crippen molar-refractivity contribution >= 4 is 28.7 Å². The largest absolute Gasteiger partial charge is 0.354 e. The zero-order valence-corrected chi connectivity index (χ0v) is 16.3. The lowest BCUT2D eigenvalue weighted by Crippen LogP contribution is -2.34. The maximum Gasteiger partial charge on any atom is 0.265 e. The Bertz CT molecular complexity index is 1090. The first-order valence-electron chi connectivity index (χ1n) is 8.93. The molecular weight excluding hydrogens is 362 g/mol. The first kappa shape index (κ1) is 17.8. The molecule has 1 aliphatic rings. The third-order valence-corrected chi connectivity index (χ3v) is 5.59. The molecule has 0 saturated heterocycles. The molecule has 27 heavy (non-hydrogen) atoms. The summed E-state index contributed by atoms with van der Waals surface area (Å²) in [5.74, 6) is 0.615. The van der Waals surface area contributed by atoms with E-state index >= 15 is 0 Å². The number of benzene rings is 1. The lowest BCUT2D eigenvalue weighted by molar-refractivity contribution is -0.122. The van der Waals surface area contributed by atoms with Crippen molar-refractivity contribution < 1.29 is 4.79 Å². The summed E-state index contributed by atoms with van der Waals surface area (Å²) in [5, 5.41) is 8.39. The van der Waals surface area contributed by atoms with Crippen LogP contribution in [0.3, 0.4) is 0 Å². The molecule has 1 aromatic carbocycles. The monoisotopic (exact) mass is 383 g/mol. The molecule has 1 aliphatic heterocycles. The second-order valence-corrected chi connectivity index (χ2v) is 8.08. The second kappa shape index (κ2) is 6.84. The molecule has 8 heteroatoms. The fraction of sp³-hybridized carbons (Fsp3) is 0.368. The van der Waals surface area contributed by atoms with Crippen LogP contribution in [0, 0.1) is 6.92 Å². The van der Waals surface area contributed by atoms with Gasteiger partial charge in [-0.15, -0.1) is 0 Å².